The van der Waals surface area contributed by atoms with E-state index in [2.05, 4.69) is 57.8 Å². The zero-order valence-corrected chi connectivity index (χ0v) is 11.6. The predicted molar refractivity (Wildman–Crippen MR) is 57.0 cm³/mol. The number of halogens is 6. The third-order valence-electron chi connectivity index (χ3n) is 0.973. The van der Waals surface area contributed by atoms with Gasteiger partial charge in [0.05, 0.1) is 4.90 Å². The highest BCUT2D eigenvalue weighted by Gasteiger charge is 2.32. The SMILES string of the molecule is FC(F)(F)Sc1c(Br)nc(Br)nc1Br. The summed E-state index contributed by atoms with van der Waals surface area (Å²) in [5.74, 6) is 0. The smallest absolute Gasteiger partial charge is 0.214 e. The minimum Gasteiger partial charge on any atom is -0.214 e. The second-order valence-corrected chi connectivity index (χ2v) is 5.24. The van der Waals surface area contributed by atoms with Crippen molar-refractivity contribution in [3.8, 4) is 0 Å². The fourth-order valence-electron chi connectivity index (χ4n) is 0.574. The average Bonchev–Trinajstić information content (AvgIpc) is 1.95. The lowest BCUT2D eigenvalue weighted by atomic mass is 10.7. The third-order valence-corrected chi connectivity index (χ3v) is 3.82. The van der Waals surface area contributed by atoms with Crippen molar-refractivity contribution in [1.82, 2.24) is 9.97 Å². The first kappa shape index (κ1) is 12.7. The maximum Gasteiger partial charge on any atom is 0.446 e. The van der Waals surface area contributed by atoms with Gasteiger partial charge in [-0.05, 0) is 59.6 Å². The fourth-order valence-corrected chi connectivity index (χ4v) is 3.36. The van der Waals surface area contributed by atoms with Gasteiger partial charge in [0.15, 0.2) is 4.73 Å². The third kappa shape index (κ3) is 3.67. The van der Waals surface area contributed by atoms with Gasteiger partial charge in [0.25, 0.3) is 0 Å². The molecule has 14 heavy (non-hydrogen) atoms. The van der Waals surface area contributed by atoms with E-state index < -0.39 is 5.51 Å². The minimum atomic E-state index is -4.36. The van der Waals surface area contributed by atoms with Crippen molar-refractivity contribution < 1.29 is 13.2 Å². The molecule has 0 aliphatic heterocycles. The van der Waals surface area contributed by atoms with Crippen molar-refractivity contribution in [3.63, 3.8) is 0 Å². The molecular formula is C5Br3F3N2S. The van der Waals surface area contributed by atoms with Crippen LogP contribution in [0.4, 0.5) is 13.2 Å². The summed E-state index contributed by atoms with van der Waals surface area (Å²) in [6.45, 7) is 0. The number of aromatic nitrogens is 2. The van der Waals surface area contributed by atoms with Gasteiger partial charge >= 0.3 is 5.51 Å². The van der Waals surface area contributed by atoms with E-state index in [0.717, 1.165) is 0 Å². The van der Waals surface area contributed by atoms with Gasteiger partial charge in [-0.25, -0.2) is 9.97 Å². The molecule has 0 spiro atoms. The molecule has 0 amide bonds. The van der Waals surface area contributed by atoms with Gasteiger partial charge in [0.2, 0.25) is 0 Å². The lowest BCUT2D eigenvalue weighted by Crippen LogP contribution is -2.01. The van der Waals surface area contributed by atoms with Gasteiger partial charge in [-0.2, -0.15) is 13.2 Å². The zero-order valence-electron chi connectivity index (χ0n) is 6.07. The number of rotatable bonds is 1. The first-order valence-corrected chi connectivity index (χ1v) is 6.13. The molecule has 0 fully saturated rings. The molecule has 0 bridgehead atoms. The van der Waals surface area contributed by atoms with E-state index in [1.807, 2.05) is 0 Å². The number of hydrogen-bond donors (Lipinski definition) is 0. The van der Waals surface area contributed by atoms with Crippen LogP contribution in [0.1, 0.15) is 0 Å². The second-order valence-electron chi connectivity index (χ2n) is 1.95. The van der Waals surface area contributed by atoms with Crippen LogP contribution in [-0.4, -0.2) is 15.5 Å². The molecule has 1 aromatic rings. The van der Waals surface area contributed by atoms with Gasteiger partial charge in [0.1, 0.15) is 9.21 Å². The molecule has 1 heterocycles. The van der Waals surface area contributed by atoms with Crippen molar-refractivity contribution >= 4 is 59.6 Å². The summed E-state index contributed by atoms with van der Waals surface area (Å²) < 4.78 is 36.6. The predicted octanol–water partition coefficient (Wildman–Crippen LogP) is 4.38. The lowest BCUT2D eigenvalue weighted by Gasteiger charge is -2.08. The van der Waals surface area contributed by atoms with Gasteiger partial charge in [0, 0.05) is 0 Å². The van der Waals surface area contributed by atoms with Crippen LogP contribution in [0.2, 0.25) is 0 Å². The normalized spacial score (nSPS) is 11.9. The molecule has 0 N–H and O–H groups in total. The van der Waals surface area contributed by atoms with Crippen LogP contribution in [0.25, 0.3) is 0 Å². The Labute approximate surface area is 106 Å². The van der Waals surface area contributed by atoms with Crippen LogP contribution in [0.15, 0.2) is 18.8 Å². The maximum atomic E-state index is 12.1. The molecule has 9 heteroatoms. The first-order chi connectivity index (χ1) is 6.29. The molecule has 78 valence electrons. The molecule has 0 aliphatic rings. The molecule has 1 rings (SSSR count). The molecule has 0 aromatic carbocycles. The van der Waals surface area contributed by atoms with E-state index >= 15 is 0 Å². The molecule has 0 atom stereocenters. The summed E-state index contributed by atoms with van der Waals surface area (Å²) >= 11 is 8.51. The average molecular weight is 417 g/mol. The highest BCUT2D eigenvalue weighted by molar-refractivity contribution is 9.11. The second kappa shape index (κ2) is 4.67. The minimum absolute atomic E-state index is 0.0913. The molecular weight excluding hydrogens is 417 g/mol. The highest BCUT2D eigenvalue weighted by atomic mass is 79.9. The number of nitrogens with zero attached hydrogens (tertiary/aromatic N) is 2. The quantitative estimate of drug-likeness (QED) is 0.386. The summed E-state index contributed by atoms with van der Waals surface area (Å²) in [6, 6.07) is 0. The Morgan fingerprint density at radius 1 is 1.00 bits per heavy atom. The lowest BCUT2D eigenvalue weighted by molar-refractivity contribution is -0.0328. The van der Waals surface area contributed by atoms with Gasteiger partial charge in [-0.3, -0.25) is 0 Å². The van der Waals surface area contributed by atoms with E-state index in [4.69, 9.17) is 0 Å². The summed E-state index contributed by atoms with van der Waals surface area (Å²) in [6.07, 6.45) is 0. The summed E-state index contributed by atoms with van der Waals surface area (Å²) in [5.41, 5.74) is -4.36. The Kier molecular flexibility index (Phi) is 4.24. The standard InChI is InChI=1S/C5Br3F3N2S/c6-2-1(14-5(9,10)11)3(7)13-4(8)12-2. The van der Waals surface area contributed by atoms with E-state index in [9.17, 15) is 13.2 Å². The highest BCUT2D eigenvalue weighted by Crippen LogP contribution is 2.42. The van der Waals surface area contributed by atoms with Crippen LogP contribution in [0.3, 0.4) is 0 Å². The number of thioether (sulfide) groups is 1. The van der Waals surface area contributed by atoms with Crippen LogP contribution < -0.4 is 0 Å². The Morgan fingerprint density at radius 2 is 1.43 bits per heavy atom. The first-order valence-electron chi connectivity index (χ1n) is 2.94. The fraction of sp³-hybridized carbons (Fsp3) is 0.200. The summed E-state index contributed by atoms with van der Waals surface area (Å²) in [5, 5.41) is 0. The van der Waals surface area contributed by atoms with E-state index in [1.165, 1.54) is 0 Å². The van der Waals surface area contributed by atoms with Gasteiger partial charge in [-0.15, -0.1) is 0 Å². The maximum absolute atomic E-state index is 12.1. The van der Waals surface area contributed by atoms with Crippen molar-refractivity contribution in [2.24, 2.45) is 0 Å². The van der Waals surface area contributed by atoms with Crippen LogP contribution in [-0.2, 0) is 0 Å². The zero-order chi connectivity index (χ0) is 10.9. The molecule has 0 radical (unpaired) electrons. The summed E-state index contributed by atoms with van der Waals surface area (Å²) in [4.78, 5) is 7.28. The van der Waals surface area contributed by atoms with E-state index in [1.54, 1.807) is 0 Å². The monoisotopic (exact) mass is 414 g/mol. The van der Waals surface area contributed by atoms with Crippen molar-refractivity contribution in [1.29, 1.82) is 0 Å². The van der Waals surface area contributed by atoms with E-state index in [0.29, 0.717) is 0 Å². The summed E-state index contributed by atoms with van der Waals surface area (Å²) in [7, 11) is 0. The van der Waals surface area contributed by atoms with Crippen molar-refractivity contribution in [2.75, 3.05) is 0 Å². The molecule has 1 aromatic heterocycles. The number of alkyl halides is 3. The van der Waals surface area contributed by atoms with E-state index in [-0.39, 0.29) is 30.6 Å². The Bertz CT molecular complexity index is 334. The Morgan fingerprint density at radius 3 is 1.79 bits per heavy atom. The van der Waals surface area contributed by atoms with Crippen LogP contribution in [0.5, 0.6) is 0 Å². The van der Waals surface area contributed by atoms with Crippen molar-refractivity contribution in [3.05, 3.63) is 13.9 Å². The van der Waals surface area contributed by atoms with Gasteiger partial charge < -0.3 is 0 Å². The largest absolute Gasteiger partial charge is 0.446 e. The van der Waals surface area contributed by atoms with Crippen molar-refractivity contribution in [2.45, 2.75) is 10.4 Å². The van der Waals surface area contributed by atoms with Gasteiger partial charge in [-0.1, -0.05) is 0 Å². The molecule has 0 aliphatic carbocycles. The molecule has 2 nitrogen and oxygen atoms in total. The Hall–Kier alpha value is 0.660. The Balaban J connectivity index is 3.09. The van der Waals surface area contributed by atoms with Crippen LogP contribution in [0, 0.1) is 0 Å². The topological polar surface area (TPSA) is 25.8 Å². The number of hydrogen-bond acceptors (Lipinski definition) is 3. The molecule has 0 unspecified atom stereocenters. The van der Waals surface area contributed by atoms with Crippen LogP contribution >= 0.6 is 59.6 Å². The molecule has 0 saturated heterocycles. The molecule has 0 saturated carbocycles.